The number of hydrogen-bond acceptors (Lipinski definition) is 4. The third-order valence-corrected chi connectivity index (χ3v) is 4.14. The first-order chi connectivity index (χ1) is 13.0. The summed E-state index contributed by atoms with van der Waals surface area (Å²) < 4.78 is 0. The predicted octanol–water partition coefficient (Wildman–Crippen LogP) is 2.65. The number of nitrogens with zero attached hydrogens (tertiary/aromatic N) is 1. The lowest BCUT2D eigenvalue weighted by molar-refractivity contribution is 0.0697. The highest BCUT2D eigenvalue weighted by Gasteiger charge is 2.14. The van der Waals surface area contributed by atoms with E-state index in [2.05, 4.69) is 5.32 Å². The largest absolute Gasteiger partial charge is 0.478 e. The molecule has 0 aromatic heterocycles. The zero-order valence-corrected chi connectivity index (χ0v) is 15.1. The van der Waals surface area contributed by atoms with E-state index in [1.807, 2.05) is 12.1 Å². The van der Waals surface area contributed by atoms with Gasteiger partial charge in [0.25, 0.3) is 0 Å². The molecule has 27 heavy (non-hydrogen) atoms. The summed E-state index contributed by atoms with van der Waals surface area (Å²) in [6.45, 7) is 1.34. The molecule has 2 amide bonds. The first kappa shape index (κ1) is 20.4. The standard InChI is InChI=1S/C20H25N3O4/c21-13-15-5-9-18(10-6-15)22-20(27)23(11-1-2-12-24)14-16-3-7-17(8-4-16)19(25)26/h3-10,24H,1-2,11-14,21H2,(H,22,27)(H,25,26). The topological polar surface area (TPSA) is 116 Å². The van der Waals surface area contributed by atoms with Gasteiger partial charge in [-0.05, 0) is 48.2 Å². The Labute approximate surface area is 158 Å². The van der Waals surface area contributed by atoms with Crippen molar-refractivity contribution in [3.8, 4) is 0 Å². The number of benzene rings is 2. The fourth-order valence-electron chi connectivity index (χ4n) is 2.57. The minimum atomic E-state index is -0.986. The first-order valence-electron chi connectivity index (χ1n) is 8.81. The molecule has 0 saturated carbocycles. The third-order valence-electron chi connectivity index (χ3n) is 4.14. The van der Waals surface area contributed by atoms with E-state index < -0.39 is 5.97 Å². The van der Waals surface area contributed by atoms with Gasteiger partial charge in [-0.2, -0.15) is 0 Å². The third kappa shape index (κ3) is 6.40. The van der Waals surface area contributed by atoms with Crippen LogP contribution < -0.4 is 11.1 Å². The van der Waals surface area contributed by atoms with Crippen LogP contribution >= 0.6 is 0 Å². The summed E-state index contributed by atoms with van der Waals surface area (Å²) in [5.74, 6) is -0.986. The summed E-state index contributed by atoms with van der Waals surface area (Å²) in [7, 11) is 0. The number of carboxylic acid groups (broad SMARTS) is 1. The molecule has 0 saturated heterocycles. The summed E-state index contributed by atoms with van der Waals surface area (Å²) in [6.07, 6.45) is 1.27. The van der Waals surface area contributed by atoms with E-state index in [-0.39, 0.29) is 18.2 Å². The molecule has 0 fully saturated rings. The molecule has 2 rings (SSSR count). The molecule has 0 aliphatic heterocycles. The Morgan fingerprint density at radius 2 is 1.59 bits per heavy atom. The number of urea groups is 1. The minimum absolute atomic E-state index is 0.0727. The maximum absolute atomic E-state index is 12.7. The van der Waals surface area contributed by atoms with E-state index in [4.69, 9.17) is 15.9 Å². The van der Waals surface area contributed by atoms with E-state index in [1.165, 1.54) is 12.1 Å². The lowest BCUT2D eigenvalue weighted by atomic mass is 10.1. The summed E-state index contributed by atoms with van der Waals surface area (Å²) in [5.41, 5.74) is 8.26. The van der Waals surface area contributed by atoms with E-state index >= 15 is 0 Å². The second kappa shape index (κ2) is 10.3. The number of carbonyl (C=O) groups excluding carboxylic acids is 1. The smallest absolute Gasteiger partial charge is 0.335 e. The van der Waals surface area contributed by atoms with Gasteiger partial charge in [0.15, 0.2) is 0 Å². The lowest BCUT2D eigenvalue weighted by Gasteiger charge is -2.23. The highest BCUT2D eigenvalue weighted by molar-refractivity contribution is 5.89. The Morgan fingerprint density at radius 3 is 2.15 bits per heavy atom. The molecule has 0 spiro atoms. The van der Waals surface area contributed by atoms with Gasteiger partial charge >= 0.3 is 12.0 Å². The number of carbonyl (C=O) groups is 2. The van der Waals surface area contributed by atoms with E-state index in [1.54, 1.807) is 29.2 Å². The summed E-state index contributed by atoms with van der Waals surface area (Å²) in [5, 5.41) is 20.8. The average molecular weight is 371 g/mol. The van der Waals surface area contributed by atoms with Crippen LogP contribution in [0.15, 0.2) is 48.5 Å². The molecular formula is C20H25N3O4. The number of carboxylic acids is 1. The summed E-state index contributed by atoms with van der Waals surface area (Å²) >= 11 is 0. The van der Waals surface area contributed by atoms with Gasteiger partial charge in [-0.15, -0.1) is 0 Å². The monoisotopic (exact) mass is 371 g/mol. The SMILES string of the molecule is NCc1ccc(NC(=O)N(CCCCO)Cc2ccc(C(=O)O)cc2)cc1. The van der Waals surface area contributed by atoms with E-state index in [0.29, 0.717) is 38.2 Å². The number of amides is 2. The van der Waals surface area contributed by atoms with Gasteiger partial charge in [-0.1, -0.05) is 24.3 Å². The number of nitrogens with two attached hydrogens (primary N) is 1. The molecule has 7 nitrogen and oxygen atoms in total. The fraction of sp³-hybridized carbons (Fsp3) is 0.300. The van der Waals surface area contributed by atoms with Crippen LogP contribution in [0.5, 0.6) is 0 Å². The van der Waals surface area contributed by atoms with Gasteiger partial charge < -0.3 is 26.2 Å². The van der Waals surface area contributed by atoms with Crippen LogP contribution in [-0.2, 0) is 13.1 Å². The second-order valence-corrected chi connectivity index (χ2v) is 6.19. The van der Waals surface area contributed by atoms with Gasteiger partial charge in [0.2, 0.25) is 0 Å². The van der Waals surface area contributed by atoms with Crippen LogP contribution in [0.3, 0.4) is 0 Å². The molecular weight excluding hydrogens is 346 g/mol. The van der Waals surface area contributed by atoms with Crippen molar-refractivity contribution in [2.45, 2.75) is 25.9 Å². The molecule has 7 heteroatoms. The summed E-state index contributed by atoms with van der Waals surface area (Å²) in [4.78, 5) is 25.3. The molecule has 144 valence electrons. The number of hydrogen-bond donors (Lipinski definition) is 4. The lowest BCUT2D eigenvalue weighted by Crippen LogP contribution is -2.35. The number of unbranched alkanes of at least 4 members (excludes halogenated alkanes) is 1. The summed E-state index contributed by atoms with van der Waals surface area (Å²) in [6, 6.07) is 13.5. The highest BCUT2D eigenvalue weighted by atomic mass is 16.4. The van der Waals surface area contributed by atoms with Crippen molar-refractivity contribution in [1.82, 2.24) is 4.90 Å². The predicted molar refractivity (Wildman–Crippen MR) is 103 cm³/mol. The van der Waals surface area contributed by atoms with E-state index in [0.717, 1.165) is 11.1 Å². The van der Waals surface area contributed by atoms with Crippen molar-refractivity contribution < 1.29 is 19.8 Å². The molecule has 0 radical (unpaired) electrons. The number of anilines is 1. The quantitative estimate of drug-likeness (QED) is 0.506. The van der Waals surface area contributed by atoms with Crippen molar-refractivity contribution in [2.24, 2.45) is 5.73 Å². The number of aromatic carboxylic acids is 1. The van der Waals surface area contributed by atoms with Gasteiger partial charge in [-0.3, -0.25) is 0 Å². The van der Waals surface area contributed by atoms with Crippen LogP contribution in [0.25, 0.3) is 0 Å². The normalized spacial score (nSPS) is 10.4. The Kier molecular flexibility index (Phi) is 7.79. The average Bonchev–Trinajstić information content (AvgIpc) is 2.68. The second-order valence-electron chi connectivity index (χ2n) is 6.19. The maximum Gasteiger partial charge on any atom is 0.335 e. The van der Waals surface area contributed by atoms with Gasteiger partial charge in [0, 0.05) is 31.9 Å². The molecule has 0 aliphatic carbocycles. The van der Waals surface area contributed by atoms with Crippen LogP contribution in [0.1, 0.15) is 34.3 Å². The van der Waals surface area contributed by atoms with Crippen LogP contribution in [0, 0.1) is 0 Å². The number of rotatable bonds is 9. The number of aliphatic hydroxyl groups is 1. The molecule has 0 bridgehead atoms. The highest BCUT2D eigenvalue weighted by Crippen LogP contribution is 2.13. The van der Waals surface area contributed by atoms with Crippen molar-refractivity contribution in [1.29, 1.82) is 0 Å². The van der Waals surface area contributed by atoms with Crippen molar-refractivity contribution in [2.75, 3.05) is 18.5 Å². The number of aliphatic hydroxyl groups excluding tert-OH is 1. The molecule has 0 atom stereocenters. The Balaban J connectivity index is 2.06. The maximum atomic E-state index is 12.7. The molecule has 2 aromatic rings. The van der Waals surface area contributed by atoms with Crippen molar-refractivity contribution in [3.05, 3.63) is 65.2 Å². The van der Waals surface area contributed by atoms with Crippen LogP contribution in [-0.4, -0.2) is 40.3 Å². The minimum Gasteiger partial charge on any atom is -0.478 e. The Morgan fingerprint density at radius 1 is 0.963 bits per heavy atom. The molecule has 0 heterocycles. The fourth-order valence-corrected chi connectivity index (χ4v) is 2.57. The van der Waals surface area contributed by atoms with Crippen molar-refractivity contribution in [3.63, 3.8) is 0 Å². The molecule has 0 aliphatic rings. The number of nitrogens with one attached hydrogen (secondary N) is 1. The van der Waals surface area contributed by atoms with Crippen LogP contribution in [0.2, 0.25) is 0 Å². The first-order valence-corrected chi connectivity index (χ1v) is 8.81. The zero-order valence-electron chi connectivity index (χ0n) is 15.1. The Hall–Kier alpha value is -2.90. The van der Waals surface area contributed by atoms with Crippen LogP contribution in [0.4, 0.5) is 10.5 Å². The van der Waals surface area contributed by atoms with E-state index in [9.17, 15) is 9.59 Å². The molecule has 0 unspecified atom stereocenters. The van der Waals surface area contributed by atoms with Gasteiger partial charge in [-0.25, -0.2) is 9.59 Å². The van der Waals surface area contributed by atoms with Crippen molar-refractivity contribution >= 4 is 17.7 Å². The van der Waals surface area contributed by atoms with Gasteiger partial charge in [0.05, 0.1) is 5.56 Å². The van der Waals surface area contributed by atoms with Gasteiger partial charge in [0.1, 0.15) is 0 Å². The zero-order chi connectivity index (χ0) is 19.6. The Bertz CT molecular complexity index is 745. The molecule has 5 N–H and O–H groups in total. The molecule has 2 aromatic carbocycles.